The third-order valence-corrected chi connectivity index (χ3v) is 5.13. The summed E-state index contributed by atoms with van der Waals surface area (Å²) < 4.78 is 6.06. The van der Waals surface area contributed by atoms with Crippen LogP contribution in [0.5, 0.6) is 5.75 Å². The van der Waals surface area contributed by atoms with Gasteiger partial charge in [0, 0.05) is 12.2 Å². The zero-order valence-corrected chi connectivity index (χ0v) is 16.6. The molecule has 0 radical (unpaired) electrons. The number of aromatic nitrogens is 2. The SMILES string of the molecule is Cc1cc(OC2CCC(NC(=O)c3cnc(C(C)C)cn3)CC2)ccc1C#N. The van der Waals surface area contributed by atoms with Crippen molar-refractivity contribution in [3.8, 4) is 11.8 Å². The number of rotatable bonds is 5. The van der Waals surface area contributed by atoms with E-state index < -0.39 is 0 Å². The first-order chi connectivity index (χ1) is 13.5. The molecule has 0 aliphatic heterocycles. The second-order valence-electron chi connectivity index (χ2n) is 7.63. The maximum absolute atomic E-state index is 12.4. The lowest BCUT2D eigenvalue weighted by Gasteiger charge is -2.29. The second-order valence-corrected chi connectivity index (χ2v) is 7.63. The van der Waals surface area contributed by atoms with E-state index in [2.05, 4.69) is 21.4 Å². The van der Waals surface area contributed by atoms with Gasteiger partial charge in [0.2, 0.25) is 0 Å². The molecule has 1 aliphatic carbocycles. The molecule has 28 heavy (non-hydrogen) atoms. The minimum atomic E-state index is -0.171. The van der Waals surface area contributed by atoms with Gasteiger partial charge in [-0.2, -0.15) is 5.26 Å². The van der Waals surface area contributed by atoms with E-state index in [9.17, 15) is 4.79 Å². The maximum Gasteiger partial charge on any atom is 0.271 e. The molecule has 1 aromatic carbocycles. The summed E-state index contributed by atoms with van der Waals surface area (Å²) in [6.45, 7) is 6.00. The van der Waals surface area contributed by atoms with E-state index in [1.165, 1.54) is 0 Å². The predicted octanol–water partition coefficient (Wildman–Crippen LogP) is 3.90. The van der Waals surface area contributed by atoms with E-state index in [0.717, 1.165) is 42.7 Å². The van der Waals surface area contributed by atoms with Crippen LogP contribution in [0, 0.1) is 18.3 Å². The van der Waals surface area contributed by atoms with Crippen LogP contribution in [0.3, 0.4) is 0 Å². The number of nitrogens with zero attached hydrogens (tertiary/aromatic N) is 3. The zero-order chi connectivity index (χ0) is 20.1. The number of amides is 1. The summed E-state index contributed by atoms with van der Waals surface area (Å²) in [4.78, 5) is 20.9. The lowest BCUT2D eigenvalue weighted by atomic mass is 9.92. The van der Waals surface area contributed by atoms with Crippen molar-refractivity contribution in [2.24, 2.45) is 0 Å². The number of ether oxygens (including phenoxy) is 1. The first-order valence-electron chi connectivity index (χ1n) is 9.76. The molecule has 1 amide bonds. The quantitative estimate of drug-likeness (QED) is 0.852. The average Bonchev–Trinajstić information content (AvgIpc) is 2.69. The molecule has 0 atom stereocenters. The Balaban J connectivity index is 1.49. The Labute approximate surface area is 166 Å². The molecule has 1 N–H and O–H groups in total. The summed E-state index contributed by atoms with van der Waals surface area (Å²) >= 11 is 0. The predicted molar refractivity (Wildman–Crippen MR) is 106 cm³/mol. The highest BCUT2D eigenvalue weighted by molar-refractivity contribution is 5.92. The van der Waals surface area contributed by atoms with Gasteiger partial charge in [0.15, 0.2) is 0 Å². The number of hydrogen-bond acceptors (Lipinski definition) is 5. The lowest BCUT2D eigenvalue weighted by molar-refractivity contribution is 0.0888. The van der Waals surface area contributed by atoms with Gasteiger partial charge >= 0.3 is 0 Å². The van der Waals surface area contributed by atoms with Crippen molar-refractivity contribution in [1.82, 2.24) is 15.3 Å². The molecule has 1 saturated carbocycles. The fraction of sp³-hybridized carbons (Fsp3) is 0.455. The van der Waals surface area contributed by atoms with Crippen molar-refractivity contribution in [2.45, 2.75) is 64.5 Å². The Hall–Kier alpha value is -2.94. The number of nitriles is 1. The third kappa shape index (κ3) is 4.86. The Kier molecular flexibility index (Phi) is 6.25. The van der Waals surface area contributed by atoms with Gasteiger partial charge < -0.3 is 10.1 Å². The van der Waals surface area contributed by atoms with Crippen LogP contribution in [0.15, 0.2) is 30.6 Å². The number of carbonyl (C=O) groups is 1. The summed E-state index contributed by atoms with van der Waals surface area (Å²) in [5.74, 6) is 0.916. The van der Waals surface area contributed by atoms with E-state index in [0.29, 0.717) is 17.2 Å². The summed E-state index contributed by atoms with van der Waals surface area (Å²) in [6.07, 6.45) is 6.83. The summed E-state index contributed by atoms with van der Waals surface area (Å²) in [5, 5.41) is 12.1. The Morgan fingerprint density at radius 1 is 1.21 bits per heavy atom. The van der Waals surface area contributed by atoms with Crippen LogP contribution in [-0.2, 0) is 0 Å². The zero-order valence-electron chi connectivity index (χ0n) is 16.6. The largest absolute Gasteiger partial charge is 0.490 e. The van der Waals surface area contributed by atoms with E-state index in [1.807, 2.05) is 32.9 Å². The van der Waals surface area contributed by atoms with Crippen LogP contribution in [0.4, 0.5) is 0 Å². The van der Waals surface area contributed by atoms with Crippen molar-refractivity contribution in [2.75, 3.05) is 0 Å². The molecule has 2 aromatic rings. The van der Waals surface area contributed by atoms with Crippen molar-refractivity contribution in [3.05, 3.63) is 53.1 Å². The van der Waals surface area contributed by atoms with Crippen LogP contribution in [0.1, 0.15) is 72.8 Å². The number of carbonyl (C=O) groups excluding carboxylic acids is 1. The van der Waals surface area contributed by atoms with Crippen LogP contribution in [0.2, 0.25) is 0 Å². The van der Waals surface area contributed by atoms with Gasteiger partial charge in [-0.25, -0.2) is 4.98 Å². The molecule has 1 aliphatic rings. The molecule has 146 valence electrons. The molecule has 1 fully saturated rings. The van der Waals surface area contributed by atoms with Crippen molar-refractivity contribution in [1.29, 1.82) is 5.26 Å². The number of benzene rings is 1. The fourth-order valence-corrected chi connectivity index (χ4v) is 3.37. The van der Waals surface area contributed by atoms with E-state index in [1.54, 1.807) is 18.5 Å². The van der Waals surface area contributed by atoms with Gasteiger partial charge in [-0.1, -0.05) is 13.8 Å². The number of hydrogen-bond donors (Lipinski definition) is 1. The molecule has 3 rings (SSSR count). The molecular formula is C22H26N4O2. The van der Waals surface area contributed by atoms with Crippen LogP contribution < -0.4 is 10.1 Å². The highest BCUT2D eigenvalue weighted by Gasteiger charge is 2.24. The highest BCUT2D eigenvalue weighted by atomic mass is 16.5. The third-order valence-electron chi connectivity index (χ3n) is 5.13. The molecule has 1 heterocycles. The number of aryl methyl sites for hydroxylation is 1. The smallest absolute Gasteiger partial charge is 0.271 e. The van der Waals surface area contributed by atoms with E-state index in [4.69, 9.17) is 10.00 Å². The Morgan fingerprint density at radius 2 is 1.96 bits per heavy atom. The second kappa shape index (κ2) is 8.83. The number of nitrogens with one attached hydrogen (secondary N) is 1. The van der Waals surface area contributed by atoms with E-state index >= 15 is 0 Å². The van der Waals surface area contributed by atoms with Gasteiger partial charge in [-0.05, 0) is 62.3 Å². The van der Waals surface area contributed by atoms with Gasteiger partial charge in [-0.3, -0.25) is 9.78 Å². The molecule has 0 unspecified atom stereocenters. The maximum atomic E-state index is 12.4. The summed E-state index contributed by atoms with van der Waals surface area (Å²) in [6, 6.07) is 7.84. The lowest BCUT2D eigenvalue weighted by Crippen LogP contribution is -2.40. The molecule has 0 spiro atoms. The summed E-state index contributed by atoms with van der Waals surface area (Å²) in [5.41, 5.74) is 2.83. The van der Waals surface area contributed by atoms with Crippen molar-refractivity contribution < 1.29 is 9.53 Å². The highest BCUT2D eigenvalue weighted by Crippen LogP contribution is 2.25. The average molecular weight is 378 g/mol. The molecule has 6 nitrogen and oxygen atoms in total. The first kappa shape index (κ1) is 19.8. The topological polar surface area (TPSA) is 87.9 Å². The van der Waals surface area contributed by atoms with Gasteiger partial charge in [0.25, 0.3) is 5.91 Å². The van der Waals surface area contributed by atoms with Gasteiger partial charge in [0.05, 0.1) is 29.6 Å². The van der Waals surface area contributed by atoms with Crippen LogP contribution in [0.25, 0.3) is 0 Å². The minimum Gasteiger partial charge on any atom is -0.490 e. The molecule has 0 saturated heterocycles. The van der Waals surface area contributed by atoms with E-state index in [-0.39, 0.29) is 18.1 Å². The molecular weight excluding hydrogens is 352 g/mol. The molecule has 1 aromatic heterocycles. The minimum absolute atomic E-state index is 0.127. The van der Waals surface area contributed by atoms with Crippen molar-refractivity contribution in [3.63, 3.8) is 0 Å². The Bertz CT molecular complexity index is 863. The first-order valence-corrected chi connectivity index (χ1v) is 9.76. The fourth-order valence-electron chi connectivity index (χ4n) is 3.37. The Morgan fingerprint density at radius 3 is 2.54 bits per heavy atom. The van der Waals surface area contributed by atoms with Crippen LogP contribution >= 0.6 is 0 Å². The summed E-state index contributed by atoms with van der Waals surface area (Å²) in [7, 11) is 0. The monoisotopic (exact) mass is 378 g/mol. The van der Waals surface area contributed by atoms with Crippen LogP contribution in [-0.4, -0.2) is 28.0 Å². The van der Waals surface area contributed by atoms with Gasteiger partial charge in [-0.15, -0.1) is 0 Å². The standard InChI is InChI=1S/C22H26N4O2/c1-14(2)20-12-25-21(13-24-20)22(27)26-17-5-8-18(9-6-17)28-19-7-4-16(11-23)15(3)10-19/h4,7,10,12-14,17-18H,5-6,8-9H2,1-3H3,(H,26,27). The molecule has 0 bridgehead atoms. The van der Waals surface area contributed by atoms with Crippen molar-refractivity contribution >= 4 is 5.91 Å². The molecule has 6 heteroatoms. The van der Waals surface area contributed by atoms with Gasteiger partial charge in [0.1, 0.15) is 11.4 Å². The normalized spacial score (nSPS) is 19.1.